The first-order valence-electron chi connectivity index (χ1n) is 5.44. The smallest absolute Gasteiger partial charge is 0.335 e. The van der Waals surface area contributed by atoms with Crippen molar-refractivity contribution >= 4 is 5.97 Å². The summed E-state index contributed by atoms with van der Waals surface area (Å²) in [5.41, 5.74) is 1.92. The number of hydrogen-bond donors (Lipinski definition) is 1. The fourth-order valence-electron chi connectivity index (χ4n) is 1.64. The lowest BCUT2D eigenvalue weighted by molar-refractivity contribution is -0.135. The average molecular weight is 217 g/mol. The van der Waals surface area contributed by atoms with E-state index in [4.69, 9.17) is 4.74 Å². The van der Waals surface area contributed by atoms with E-state index in [1.807, 2.05) is 18.2 Å². The molecule has 1 aliphatic heterocycles. The van der Waals surface area contributed by atoms with Crippen molar-refractivity contribution in [1.82, 2.24) is 5.32 Å². The summed E-state index contributed by atoms with van der Waals surface area (Å²) >= 11 is 0. The second kappa shape index (κ2) is 4.84. The van der Waals surface area contributed by atoms with Crippen molar-refractivity contribution in [3.8, 4) is 0 Å². The van der Waals surface area contributed by atoms with Crippen LogP contribution in [0.1, 0.15) is 24.9 Å². The maximum absolute atomic E-state index is 11.2. The number of nitrogens with one attached hydrogen (secondary N) is 1. The molecule has 1 fully saturated rings. The molecule has 1 unspecified atom stereocenters. The molecule has 84 valence electrons. The fourth-order valence-corrected chi connectivity index (χ4v) is 1.64. The van der Waals surface area contributed by atoms with Gasteiger partial charge in [-0.3, -0.25) is 0 Å². The molecule has 1 atom stereocenters. The van der Waals surface area contributed by atoms with Gasteiger partial charge in [0.2, 0.25) is 0 Å². The molecule has 0 aliphatic carbocycles. The first kappa shape index (κ1) is 10.7. The maximum Gasteiger partial charge on any atom is 0.335 e. The Morgan fingerprint density at radius 3 is 2.75 bits per heavy atom. The summed E-state index contributed by atoms with van der Waals surface area (Å²) < 4.78 is 4.86. The highest BCUT2D eigenvalue weighted by Gasteiger charge is 2.18. The van der Waals surface area contributed by atoms with E-state index in [1.165, 1.54) is 5.56 Å². The van der Waals surface area contributed by atoms with Crippen molar-refractivity contribution in [1.29, 1.82) is 0 Å². The van der Waals surface area contributed by atoms with Crippen molar-refractivity contribution in [2.45, 2.75) is 19.4 Å². The van der Waals surface area contributed by atoms with E-state index in [9.17, 15) is 4.79 Å². The topological polar surface area (TPSA) is 38.3 Å². The minimum Gasteiger partial charge on any atom is -0.462 e. The molecule has 3 heteroatoms. The molecule has 2 rings (SSSR count). The maximum atomic E-state index is 11.2. The number of ether oxygens (including phenoxy) is 1. The molecule has 1 N–H and O–H groups in total. The zero-order valence-corrected chi connectivity index (χ0v) is 9.27. The lowest BCUT2D eigenvalue weighted by Gasteiger charge is -2.12. The highest BCUT2D eigenvalue weighted by molar-refractivity contribution is 5.90. The molecule has 1 aromatic carbocycles. The zero-order valence-electron chi connectivity index (χ0n) is 9.27. The molecule has 1 heterocycles. The van der Waals surface area contributed by atoms with Crippen molar-refractivity contribution in [3.05, 3.63) is 47.7 Å². The average Bonchev–Trinajstić information content (AvgIpc) is 2.73. The molecule has 1 aromatic rings. The predicted molar refractivity (Wildman–Crippen MR) is 61.7 cm³/mol. The quantitative estimate of drug-likeness (QED) is 0.623. The summed E-state index contributed by atoms with van der Waals surface area (Å²) in [4.78, 5) is 11.2. The molecule has 0 bridgehead atoms. The Bertz CT molecular complexity index is 398. The van der Waals surface area contributed by atoms with Crippen molar-refractivity contribution in [3.63, 3.8) is 0 Å². The van der Waals surface area contributed by atoms with Crippen LogP contribution >= 0.6 is 0 Å². The van der Waals surface area contributed by atoms with Crippen molar-refractivity contribution < 1.29 is 9.53 Å². The van der Waals surface area contributed by atoms with E-state index in [0.29, 0.717) is 13.0 Å². The third-order valence-corrected chi connectivity index (χ3v) is 2.67. The fraction of sp³-hybridized carbons (Fsp3) is 0.308. The van der Waals surface area contributed by atoms with Crippen LogP contribution in [0.3, 0.4) is 0 Å². The lowest BCUT2D eigenvalue weighted by atomic mass is 10.1. The van der Waals surface area contributed by atoms with Crippen LogP contribution in [0, 0.1) is 0 Å². The summed E-state index contributed by atoms with van der Waals surface area (Å²) in [5.74, 6) is -0.201. The van der Waals surface area contributed by atoms with Crippen LogP contribution in [0.15, 0.2) is 42.1 Å². The largest absolute Gasteiger partial charge is 0.462 e. The van der Waals surface area contributed by atoms with Gasteiger partial charge in [0.25, 0.3) is 0 Å². The van der Waals surface area contributed by atoms with E-state index in [1.54, 1.807) is 6.20 Å². The van der Waals surface area contributed by atoms with Crippen molar-refractivity contribution in [2.75, 3.05) is 6.61 Å². The van der Waals surface area contributed by atoms with Crippen LogP contribution in [0.5, 0.6) is 0 Å². The Hall–Kier alpha value is -1.77. The summed E-state index contributed by atoms with van der Waals surface area (Å²) in [5, 5.41) is 3.21. The van der Waals surface area contributed by atoms with Crippen LogP contribution in [0.2, 0.25) is 0 Å². The van der Waals surface area contributed by atoms with Gasteiger partial charge in [-0.2, -0.15) is 0 Å². The van der Waals surface area contributed by atoms with Gasteiger partial charge in [0.1, 0.15) is 0 Å². The number of carbonyl (C=O) groups excluding carboxylic acids is 1. The van der Waals surface area contributed by atoms with E-state index in [-0.39, 0.29) is 12.0 Å². The standard InChI is InChI=1S/C13H15NO2/c1-10(11-5-3-2-4-6-11)14-9-12-7-8-16-13(12)15/h2-6,9-10,14H,7-8H2,1H3/b12-9+. The Morgan fingerprint density at radius 2 is 2.12 bits per heavy atom. The molecule has 3 nitrogen and oxygen atoms in total. The molecular formula is C13H15NO2. The molecule has 0 aromatic heterocycles. The third-order valence-electron chi connectivity index (χ3n) is 2.67. The monoisotopic (exact) mass is 217 g/mol. The van der Waals surface area contributed by atoms with E-state index < -0.39 is 0 Å². The minimum absolute atomic E-state index is 0.196. The molecule has 1 saturated heterocycles. The number of benzene rings is 1. The van der Waals surface area contributed by atoms with Crippen LogP contribution in [-0.4, -0.2) is 12.6 Å². The molecule has 16 heavy (non-hydrogen) atoms. The van der Waals surface area contributed by atoms with E-state index in [2.05, 4.69) is 24.4 Å². The highest BCUT2D eigenvalue weighted by atomic mass is 16.5. The van der Waals surface area contributed by atoms with Crippen LogP contribution in [0.25, 0.3) is 0 Å². The number of rotatable bonds is 3. The van der Waals surface area contributed by atoms with Crippen molar-refractivity contribution in [2.24, 2.45) is 0 Å². The number of carbonyl (C=O) groups is 1. The van der Waals surface area contributed by atoms with Crippen LogP contribution in [-0.2, 0) is 9.53 Å². The first-order valence-corrected chi connectivity index (χ1v) is 5.44. The van der Waals surface area contributed by atoms with Gasteiger partial charge in [0, 0.05) is 18.7 Å². The molecule has 1 aliphatic rings. The third kappa shape index (κ3) is 2.42. The van der Waals surface area contributed by atoms with Gasteiger partial charge in [-0.25, -0.2) is 4.79 Å². The summed E-state index contributed by atoms with van der Waals surface area (Å²) in [7, 11) is 0. The molecule has 0 saturated carbocycles. The Morgan fingerprint density at radius 1 is 1.38 bits per heavy atom. The molecule has 0 radical (unpaired) electrons. The summed E-state index contributed by atoms with van der Waals surface area (Å²) in [6, 6.07) is 10.3. The SMILES string of the molecule is CC(N/C=C1\CCOC1=O)c1ccccc1. The minimum atomic E-state index is -0.201. The molecule has 0 spiro atoms. The summed E-state index contributed by atoms with van der Waals surface area (Å²) in [6.45, 7) is 2.57. The lowest BCUT2D eigenvalue weighted by Crippen LogP contribution is -2.13. The second-order valence-electron chi connectivity index (χ2n) is 3.85. The number of hydrogen-bond acceptors (Lipinski definition) is 3. The van der Waals surface area contributed by atoms with Gasteiger partial charge in [-0.1, -0.05) is 30.3 Å². The number of esters is 1. The second-order valence-corrected chi connectivity index (χ2v) is 3.85. The molecular weight excluding hydrogens is 202 g/mol. The number of cyclic esters (lactones) is 1. The van der Waals surface area contributed by atoms with Gasteiger partial charge in [-0.15, -0.1) is 0 Å². The first-order chi connectivity index (χ1) is 7.77. The predicted octanol–water partition coefficient (Wildman–Crippen LogP) is 2.17. The zero-order chi connectivity index (χ0) is 11.4. The Kier molecular flexibility index (Phi) is 3.25. The van der Waals surface area contributed by atoms with Gasteiger partial charge < -0.3 is 10.1 Å². The van der Waals surface area contributed by atoms with Gasteiger partial charge >= 0.3 is 5.97 Å². The molecule has 0 amide bonds. The van der Waals surface area contributed by atoms with Gasteiger partial charge in [0.05, 0.1) is 12.2 Å². The Labute approximate surface area is 95.1 Å². The van der Waals surface area contributed by atoms with Gasteiger partial charge in [-0.05, 0) is 12.5 Å². The highest BCUT2D eigenvalue weighted by Crippen LogP contribution is 2.15. The van der Waals surface area contributed by atoms with Gasteiger partial charge in [0.15, 0.2) is 0 Å². The van der Waals surface area contributed by atoms with E-state index >= 15 is 0 Å². The van der Waals surface area contributed by atoms with Crippen LogP contribution < -0.4 is 5.32 Å². The van der Waals surface area contributed by atoms with E-state index in [0.717, 1.165) is 5.57 Å². The normalized spacial score (nSPS) is 19.6. The van der Waals surface area contributed by atoms with Crippen LogP contribution in [0.4, 0.5) is 0 Å². The Balaban J connectivity index is 1.98. The summed E-state index contributed by atoms with van der Waals surface area (Å²) in [6.07, 6.45) is 2.47.